The molecule has 1 N–H and O–H groups in total. The maximum Gasteiger partial charge on any atom is 0.280 e. The molecule has 0 unspecified atom stereocenters. The number of rotatable bonds is 6. The van der Waals surface area contributed by atoms with Crippen LogP contribution in [0.2, 0.25) is 0 Å². The quantitative estimate of drug-likeness (QED) is 0.433. The predicted molar refractivity (Wildman–Crippen MR) is 110 cm³/mol. The molecular formula is C24H23F4NO. The Morgan fingerprint density at radius 1 is 1.20 bits per heavy atom. The zero-order chi connectivity index (χ0) is 21.9. The molecule has 3 rings (SSSR count). The standard InChI is InChI=1S/C24H23F4NO/c1-4-17(9-8-16(3)29-14-19-21(25)6-5-7-22(19)26)18-13-20-23(12-15(18)2)30-11-10-24(20,27)28/h4-9,12-13,29H,3,10-11,14H2,1-2H3/b9-8-,17-4+. The third-order valence-corrected chi connectivity index (χ3v) is 5.03. The Morgan fingerprint density at radius 2 is 1.90 bits per heavy atom. The Morgan fingerprint density at radius 3 is 2.57 bits per heavy atom. The van der Waals surface area contributed by atoms with Crippen LogP contribution in [0.3, 0.4) is 0 Å². The van der Waals surface area contributed by atoms with E-state index in [1.165, 1.54) is 24.3 Å². The molecule has 0 aromatic heterocycles. The summed E-state index contributed by atoms with van der Waals surface area (Å²) in [6.45, 7) is 7.40. The van der Waals surface area contributed by atoms with Gasteiger partial charge in [-0.15, -0.1) is 0 Å². The molecule has 0 atom stereocenters. The molecule has 0 radical (unpaired) electrons. The van der Waals surface area contributed by atoms with E-state index in [2.05, 4.69) is 11.9 Å². The number of hydrogen-bond donors (Lipinski definition) is 1. The number of allylic oxidation sites excluding steroid dienone is 4. The highest BCUT2D eigenvalue weighted by Gasteiger charge is 2.38. The Kier molecular flexibility index (Phi) is 6.34. The van der Waals surface area contributed by atoms with Crippen molar-refractivity contribution in [3.05, 3.63) is 94.7 Å². The van der Waals surface area contributed by atoms with Gasteiger partial charge in [0, 0.05) is 17.8 Å². The van der Waals surface area contributed by atoms with Crippen LogP contribution < -0.4 is 10.1 Å². The smallest absolute Gasteiger partial charge is 0.280 e. The van der Waals surface area contributed by atoms with Crippen LogP contribution in [0, 0.1) is 18.6 Å². The summed E-state index contributed by atoms with van der Waals surface area (Å²) in [5.41, 5.74) is 2.42. The second-order valence-electron chi connectivity index (χ2n) is 7.12. The molecule has 0 amide bonds. The predicted octanol–water partition coefficient (Wildman–Crippen LogP) is 6.41. The molecule has 0 spiro atoms. The van der Waals surface area contributed by atoms with E-state index in [0.717, 1.165) is 11.1 Å². The first-order valence-electron chi connectivity index (χ1n) is 9.59. The van der Waals surface area contributed by atoms with Gasteiger partial charge in [0.05, 0.1) is 18.6 Å². The second-order valence-corrected chi connectivity index (χ2v) is 7.12. The lowest BCUT2D eigenvalue weighted by atomic mass is 9.92. The minimum Gasteiger partial charge on any atom is -0.493 e. The number of benzene rings is 2. The van der Waals surface area contributed by atoms with Crippen LogP contribution in [0.4, 0.5) is 17.6 Å². The fourth-order valence-corrected chi connectivity index (χ4v) is 3.32. The van der Waals surface area contributed by atoms with Crippen LogP contribution in [-0.4, -0.2) is 6.61 Å². The number of ether oxygens (including phenoxy) is 1. The molecule has 1 heterocycles. The summed E-state index contributed by atoms with van der Waals surface area (Å²) in [5, 5.41) is 2.86. The molecule has 6 heteroatoms. The molecule has 158 valence electrons. The van der Waals surface area contributed by atoms with E-state index < -0.39 is 17.6 Å². The normalized spacial score (nSPS) is 15.6. The third kappa shape index (κ3) is 4.58. The Balaban J connectivity index is 1.77. The number of aryl methyl sites for hydroxylation is 1. The Bertz CT molecular complexity index is 1000. The van der Waals surface area contributed by atoms with Crippen molar-refractivity contribution < 1.29 is 22.3 Å². The lowest BCUT2D eigenvalue weighted by Gasteiger charge is -2.27. The van der Waals surface area contributed by atoms with E-state index in [9.17, 15) is 17.6 Å². The fraction of sp³-hybridized carbons (Fsp3) is 0.250. The summed E-state index contributed by atoms with van der Waals surface area (Å²) < 4.78 is 61.5. The molecule has 0 saturated heterocycles. The van der Waals surface area contributed by atoms with Crippen molar-refractivity contribution in [1.29, 1.82) is 0 Å². The zero-order valence-corrected chi connectivity index (χ0v) is 16.9. The summed E-state index contributed by atoms with van der Waals surface area (Å²) in [5.74, 6) is -4.00. The minimum atomic E-state index is -2.94. The van der Waals surface area contributed by atoms with Crippen molar-refractivity contribution in [2.24, 2.45) is 0 Å². The van der Waals surface area contributed by atoms with Crippen molar-refractivity contribution >= 4 is 5.57 Å². The number of nitrogens with one attached hydrogen (secondary N) is 1. The highest BCUT2D eigenvalue weighted by atomic mass is 19.3. The number of halogens is 4. The molecule has 1 aliphatic rings. The van der Waals surface area contributed by atoms with Crippen molar-refractivity contribution in [2.75, 3.05) is 6.61 Å². The van der Waals surface area contributed by atoms with E-state index in [1.807, 2.05) is 6.92 Å². The molecule has 30 heavy (non-hydrogen) atoms. The van der Waals surface area contributed by atoms with Gasteiger partial charge in [-0.2, -0.15) is 0 Å². The largest absolute Gasteiger partial charge is 0.493 e. The van der Waals surface area contributed by atoms with Crippen LogP contribution in [-0.2, 0) is 12.5 Å². The van der Waals surface area contributed by atoms with E-state index >= 15 is 0 Å². The lowest BCUT2D eigenvalue weighted by molar-refractivity contribution is -0.0405. The SMILES string of the molecule is C=C(/C=C\C(=C/C)c1cc2c(cc1C)OCCC2(F)F)NCc1c(F)cccc1F. The number of fused-ring (bicyclic) bond motifs is 1. The van der Waals surface area contributed by atoms with Gasteiger partial charge in [-0.05, 0) is 60.9 Å². The maximum absolute atomic E-state index is 14.3. The third-order valence-electron chi connectivity index (χ3n) is 5.03. The van der Waals surface area contributed by atoms with Gasteiger partial charge in [-0.25, -0.2) is 17.6 Å². The van der Waals surface area contributed by atoms with E-state index in [1.54, 1.807) is 31.2 Å². The summed E-state index contributed by atoms with van der Waals surface area (Å²) in [6.07, 6.45) is 4.82. The molecule has 1 aliphatic heterocycles. The van der Waals surface area contributed by atoms with Gasteiger partial charge in [0.15, 0.2) is 0 Å². The maximum atomic E-state index is 14.3. The first-order chi connectivity index (χ1) is 14.2. The van der Waals surface area contributed by atoms with Gasteiger partial charge in [0.2, 0.25) is 0 Å². The van der Waals surface area contributed by atoms with Crippen LogP contribution in [0.5, 0.6) is 5.75 Å². The topological polar surface area (TPSA) is 21.3 Å². The van der Waals surface area contributed by atoms with E-state index in [0.29, 0.717) is 11.3 Å². The van der Waals surface area contributed by atoms with Crippen LogP contribution >= 0.6 is 0 Å². The van der Waals surface area contributed by atoms with Crippen LogP contribution in [0.25, 0.3) is 5.57 Å². The molecule has 0 saturated carbocycles. The van der Waals surface area contributed by atoms with Gasteiger partial charge in [0.1, 0.15) is 17.4 Å². The molecule has 2 aromatic carbocycles. The summed E-state index contributed by atoms with van der Waals surface area (Å²) in [7, 11) is 0. The molecule has 0 fully saturated rings. The first kappa shape index (κ1) is 21.7. The van der Waals surface area contributed by atoms with Crippen molar-refractivity contribution in [2.45, 2.75) is 32.7 Å². The van der Waals surface area contributed by atoms with Crippen molar-refractivity contribution in [3.63, 3.8) is 0 Å². The van der Waals surface area contributed by atoms with Crippen LogP contribution in [0.15, 0.2) is 60.8 Å². The number of alkyl halides is 2. The Labute approximate surface area is 173 Å². The molecule has 2 aromatic rings. The average Bonchev–Trinajstić information content (AvgIpc) is 2.68. The van der Waals surface area contributed by atoms with E-state index in [-0.39, 0.29) is 36.4 Å². The summed E-state index contributed by atoms with van der Waals surface area (Å²) in [6, 6.07) is 6.78. The molecular weight excluding hydrogens is 394 g/mol. The zero-order valence-electron chi connectivity index (χ0n) is 16.9. The van der Waals surface area contributed by atoms with Gasteiger partial charge < -0.3 is 10.1 Å². The molecule has 2 nitrogen and oxygen atoms in total. The monoisotopic (exact) mass is 417 g/mol. The van der Waals surface area contributed by atoms with Gasteiger partial charge in [-0.1, -0.05) is 24.8 Å². The van der Waals surface area contributed by atoms with Crippen molar-refractivity contribution in [1.82, 2.24) is 5.32 Å². The summed E-state index contributed by atoms with van der Waals surface area (Å²) >= 11 is 0. The van der Waals surface area contributed by atoms with Crippen LogP contribution in [0.1, 0.15) is 35.6 Å². The highest BCUT2D eigenvalue weighted by Crippen LogP contribution is 2.43. The average molecular weight is 417 g/mol. The second kappa shape index (κ2) is 8.78. The van der Waals surface area contributed by atoms with E-state index in [4.69, 9.17) is 4.74 Å². The fourth-order valence-electron chi connectivity index (χ4n) is 3.32. The first-order valence-corrected chi connectivity index (χ1v) is 9.59. The summed E-state index contributed by atoms with van der Waals surface area (Å²) in [4.78, 5) is 0. The highest BCUT2D eigenvalue weighted by molar-refractivity contribution is 5.77. The van der Waals surface area contributed by atoms with Gasteiger partial charge >= 0.3 is 0 Å². The lowest BCUT2D eigenvalue weighted by Crippen LogP contribution is -2.24. The molecule has 0 bridgehead atoms. The Hall–Kier alpha value is -3.02. The van der Waals surface area contributed by atoms with Crippen molar-refractivity contribution in [3.8, 4) is 5.75 Å². The van der Waals surface area contributed by atoms with Gasteiger partial charge in [-0.3, -0.25) is 0 Å². The van der Waals surface area contributed by atoms with Gasteiger partial charge in [0.25, 0.3) is 5.92 Å². The minimum absolute atomic E-state index is 0.0107. The number of hydrogen-bond acceptors (Lipinski definition) is 2. The molecule has 0 aliphatic carbocycles.